The van der Waals surface area contributed by atoms with E-state index in [9.17, 15) is 8.78 Å². The largest absolute Gasteiger partial charge is 0.368 e. The summed E-state index contributed by atoms with van der Waals surface area (Å²) in [7, 11) is 0. The maximum Gasteiger partial charge on any atom is 0.168 e. The van der Waals surface area contributed by atoms with Gasteiger partial charge in [-0.1, -0.05) is 37.3 Å². The number of halogens is 2. The summed E-state index contributed by atoms with van der Waals surface area (Å²) in [6.07, 6.45) is 1.86. The normalized spacial score (nSPS) is 12.2. The van der Waals surface area contributed by atoms with Gasteiger partial charge in [0.1, 0.15) is 5.82 Å². The van der Waals surface area contributed by atoms with Crippen LogP contribution in [-0.4, -0.2) is 11.5 Å². The minimum Gasteiger partial charge on any atom is -0.368 e. The van der Waals surface area contributed by atoms with Crippen LogP contribution < -0.4 is 5.32 Å². The van der Waals surface area contributed by atoms with Crippen molar-refractivity contribution < 1.29 is 8.78 Å². The molecule has 1 N–H and O–H groups in total. The fraction of sp³-hybridized carbons (Fsp3) is 0.267. The van der Waals surface area contributed by atoms with Crippen LogP contribution in [0.15, 0.2) is 42.6 Å². The van der Waals surface area contributed by atoms with Crippen molar-refractivity contribution in [3.63, 3.8) is 0 Å². The first kappa shape index (κ1) is 13.5. The molecule has 0 fully saturated rings. The Bertz CT molecular complexity index is 529. The Kier molecular flexibility index (Phi) is 4.44. The van der Waals surface area contributed by atoms with Crippen LogP contribution >= 0.6 is 0 Å². The smallest absolute Gasteiger partial charge is 0.168 e. The lowest BCUT2D eigenvalue weighted by atomic mass is 9.98. The van der Waals surface area contributed by atoms with Crippen LogP contribution in [0.25, 0.3) is 0 Å². The van der Waals surface area contributed by atoms with Crippen LogP contribution in [0.4, 0.5) is 14.6 Å². The van der Waals surface area contributed by atoms with Crippen molar-refractivity contribution in [2.24, 2.45) is 0 Å². The number of hydrogen-bond donors (Lipinski definition) is 1. The fourth-order valence-electron chi connectivity index (χ4n) is 1.90. The second-order valence-electron chi connectivity index (χ2n) is 4.51. The first-order valence-electron chi connectivity index (χ1n) is 6.26. The van der Waals surface area contributed by atoms with Crippen LogP contribution in [0.1, 0.15) is 24.8 Å². The standard InChI is InChI=1S/C15H16F2N2/c1-11(12-5-3-2-4-6-12)7-8-18-15-14(17)9-13(16)10-19-15/h2-6,9-11H,7-8H2,1H3,(H,18,19). The quantitative estimate of drug-likeness (QED) is 0.882. The van der Waals surface area contributed by atoms with Crippen LogP contribution in [-0.2, 0) is 0 Å². The third kappa shape index (κ3) is 3.74. The summed E-state index contributed by atoms with van der Waals surface area (Å²) >= 11 is 0. The lowest BCUT2D eigenvalue weighted by Gasteiger charge is -2.12. The molecule has 1 heterocycles. The first-order valence-corrected chi connectivity index (χ1v) is 6.26. The van der Waals surface area contributed by atoms with E-state index in [-0.39, 0.29) is 5.82 Å². The molecule has 0 aliphatic rings. The highest BCUT2D eigenvalue weighted by atomic mass is 19.1. The molecule has 2 aromatic rings. The van der Waals surface area contributed by atoms with E-state index in [2.05, 4.69) is 29.4 Å². The molecule has 0 amide bonds. The van der Waals surface area contributed by atoms with Gasteiger partial charge in [-0.25, -0.2) is 13.8 Å². The Morgan fingerprint density at radius 3 is 2.63 bits per heavy atom. The molecule has 0 saturated heterocycles. The highest BCUT2D eigenvalue weighted by Crippen LogP contribution is 2.19. The molecule has 0 aliphatic heterocycles. The zero-order chi connectivity index (χ0) is 13.7. The first-order chi connectivity index (χ1) is 9.16. The maximum atomic E-state index is 13.3. The van der Waals surface area contributed by atoms with Crippen molar-refractivity contribution >= 4 is 5.82 Å². The molecule has 2 nitrogen and oxygen atoms in total. The SMILES string of the molecule is CC(CCNc1ncc(F)cc1F)c1ccccc1. The van der Waals surface area contributed by atoms with Gasteiger partial charge >= 0.3 is 0 Å². The van der Waals surface area contributed by atoms with E-state index < -0.39 is 11.6 Å². The minimum atomic E-state index is -0.666. The molecule has 1 atom stereocenters. The van der Waals surface area contributed by atoms with Crippen LogP contribution in [0.5, 0.6) is 0 Å². The molecule has 19 heavy (non-hydrogen) atoms. The van der Waals surface area contributed by atoms with Gasteiger partial charge in [-0.15, -0.1) is 0 Å². The van der Waals surface area contributed by atoms with Crippen molar-refractivity contribution in [2.45, 2.75) is 19.3 Å². The summed E-state index contributed by atoms with van der Waals surface area (Å²) in [6.45, 7) is 2.71. The number of benzene rings is 1. The second-order valence-corrected chi connectivity index (χ2v) is 4.51. The van der Waals surface area contributed by atoms with Gasteiger partial charge in [0, 0.05) is 12.6 Å². The van der Waals surface area contributed by atoms with Gasteiger partial charge < -0.3 is 5.32 Å². The van der Waals surface area contributed by atoms with Gasteiger partial charge in [0.15, 0.2) is 11.6 Å². The van der Waals surface area contributed by atoms with Crippen molar-refractivity contribution in [1.29, 1.82) is 0 Å². The molecule has 4 heteroatoms. The van der Waals surface area contributed by atoms with Crippen LogP contribution in [0.2, 0.25) is 0 Å². The number of aromatic nitrogens is 1. The van der Waals surface area contributed by atoms with E-state index in [1.54, 1.807) is 0 Å². The van der Waals surface area contributed by atoms with Gasteiger partial charge in [-0.2, -0.15) is 0 Å². The van der Waals surface area contributed by atoms with E-state index in [0.29, 0.717) is 12.5 Å². The average Bonchev–Trinajstić information content (AvgIpc) is 2.42. The van der Waals surface area contributed by atoms with Gasteiger partial charge in [0.25, 0.3) is 0 Å². The minimum absolute atomic E-state index is 0.0988. The Morgan fingerprint density at radius 2 is 1.95 bits per heavy atom. The second kappa shape index (κ2) is 6.27. The van der Waals surface area contributed by atoms with Gasteiger partial charge in [0.05, 0.1) is 6.20 Å². The van der Waals surface area contributed by atoms with E-state index in [1.165, 1.54) is 5.56 Å². The zero-order valence-electron chi connectivity index (χ0n) is 10.7. The highest BCUT2D eigenvalue weighted by molar-refractivity contribution is 5.35. The summed E-state index contributed by atoms with van der Waals surface area (Å²) in [6, 6.07) is 11.0. The molecule has 1 aromatic carbocycles. The topological polar surface area (TPSA) is 24.9 Å². The Labute approximate surface area is 111 Å². The zero-order valence-corrected chi connectivity index (χ0v) is 10.7. The lowest BCUT2D eigenvalue weighted by Crippen LogP contribution is -2.08. The number of anilines is 1. The number of nitrogens with zero attached hydrogens (tertiary/aromatic N) is 1. The Balaban J connectivity index is 1.86. The van der Waals surface area contributed by atoms with Crippen molar-refractivity contribution in [1.82, 2.24) is 4.98 Å². The predicted octanol–water partition coefficient (Wildman–Crippen LogP) is 3.97. The fourth-order valence-corrected chi connectivity index (χ4v) is 1.90. The van der Waals surface area contributed by atoms with E-state index >= 15 is 0 Å². The summed E-state index contributed by atoms with van der Waals surface area (Å²) in [5.74, 6) is -0.855. The summed E-state index contributed by atoms with van der Waals surface area (Å²) < 4.78 is 26.0. The van der Waals surface area contributed by atoms with Crippen LogP contribution in [0.3, 0.4) is 0 Å². The van der Waals surface area contributed by atoms with Crippen molar-refractivity contribution in [2.75, 3.05) is 11.9 Å². The predicted molar refractivity (Wildman–Crippen MR) is 72.1 cm³/mol. The van der Waals surface area contributed by atoms with E-state index in [4.69, 9.17) is 0 Å². The molecule has 0 aliphatic carbocycles. The Morgan fingerprint density at radius 1 is 1.21 bits per heavy atom. The third-order valence-corrected chi connectivity index (χ3v) is 3.05. The number of pyridine rings is 1. The van der Waals surface area contributed by atoms with Gasteiger partial charge in [-0.05, 0) is 17.9 Å². The van der Waals surface area contributed by atoms with Crippen molar-refractivity contribution in [3.8, 4) is 0 Å². The van der Waals surface area contributed by atoms with Crippen molar-refractivity contribution in [3.05, 3.63) is 59.8 Å². The number of rotatable bonds is 5. The molecule has 1 aromatic heterocycles. The van der Waals surface area contributed by atoms with Crippen LogP contribution in [0, 0.1) is 11.6 Å². The Hall–Kier alpha value is -1.97. The number of nitrogens with one attached hydrogen (secondary N) is 1. The third-order valence-electron chi connectivity index (χ3n) is 3.05. The summed E-state index contributed by atoms with van der Waals surface area (Å²) in [4.78, 5) is 3.69. The molecule has 100 valence electrons. The summed E-state index contributed by atoms with van der Waals surface area (Å²) in [5.41, 5.74) is 1.25. The molecular formula is C15H16F2N2. The molecule has 0 saturated carbocycles. The molecule has 0 spiro atoms. The molecule has 2 rings (SSSR count). The van der Waals surface area contributed by atoms with E-state index in [0.717, 1.165) is 18.7 Å². The summed E-state index contributed by atoms with van der Waals surface area (Å²) in [5, 5.41) is 2.89. The average molecular weight is 262 g/mol. The number of hydrogen-bond acceptors (Lipinski definition) is 2. The van der Waals surface area contributed by atoms with E-state index in [1.807, 2.05) is 18.2 Å². The monoisotopic (exact) mass is 262 g/mol. The van der Waals surface area contributed by atoms with Gasteiger partial charge in [0.2, 0.25) is 0 Å². The van der Waals surface area contributed by atoms with Gasteiger partial charge in [-0.3, -0.25) is 0 Å². The molecule has 0 bridgehead atoms. The molecular weight excluding hydrogens is 246 g/mol. The molecule has 1 unspecified atom stereocenters. The lowest BCUT2D eigenvalue weighted by molar-refractivity contribution is 0.574. The molecule has 0 radical (unpaired) electrons. The highest BCUT2D eigenvalue weighted by Gasteiger charge is 2.07. The maximum absolute atomic E-state index is 13.3.